The van der Waals surface area contributed by atoms with Crippen LogP contribution in [-0.4, -0.2) is 52.4 Å². The number of benzene rings is 1. The van der Waals surface area contributed by atoms with E-state index in [2.05, 4.69) is 15.6 Å². The second-order valence-electron chi connectivity index (χ2n) is 9.24. The van der Waals surface area contributed by atoms with Crippen molar-refractivity contribution in [2.75, 3.05) is 14.1 Å². The van der Waals surface area contributed by atoms with Crippen molar-refractivity contribution >= 4 is 11.8 Å². The molecule has 2 aromatic rings. The van der Waals surface area contributed by atoms with Crippen molar-refractivity contribution in [3.05, 3.63) is 41.0 Å². The van der Waals surface area contributed by atoms with Gasteiger partial charge in [0.1, 0.15) is 17.7 Å². The predicted octanol–water partition coefficient (Wildman–Crippen LogP) is 2.69. The molecule has 2 heterocycles. The third kappa shape index (κ3) is 4.36. The topological polar surface area (TPSA) is 79.3 Å². The van der Waals surface area contributed by atoms with Crippen LogP contribution in [0.15, 0.2) is 12.1 Å². The second kappa shape index (κ2) is 8.57. The molecule has 1 aromatic carbocycles. The first-order valence-electron chi connectivity index (χ1n) is 10.3. The smallest absolute Gasteiger partial charge is 0.272 e. The van der Waals surface area contributed by atoms with Gasteiger partial charge >= 0.3 is 0 Å². The molecule has 1 aromatic heterocycles. The summed E-state index contributed by atoms with van der Waals surface area (Å²) in [5, 5.41) is 5.27. The fourth-order valence-electron chi connectivity index (χ4n) is 3.74. The van der Waals surface area contributed by atoms with Crippen molar-refractivity contribution in [1.29, 1.82) is 0 Å². The predicted molar refractivity (Wildman–Crippen MR) is 113 cm³/mol. The van der Waals surface area contributed by atoms with Crippen molar-refractivity contribution in [2.45, 2.75) is 52.9 Å². The average molecular weight is 451 g/mol. The van der Waals surface area contributed by atoms with Gasteiger partial charge in [0.15, 0.2) is 17.3 Å². The normalized spacial score (nSPS) is 17.6. The van der Waals surface area contributed by atoms with Crippen molar-refractivity contribution in [1.82, 2.24) is 25.1 Å². The minimum atomic E-state index is -1.30. The Balaban J connectivity index is 2.12. The second-order valence-corrected chi connectivity index (χ2v) is 9.24. The van der Waals surface area contributed by atoms with Crippen LogP contribution in [0, 0.1) is 22.9 Å². The highest BCUT2D eigenvalue weighted by Gasteiger charge is 2.36. The highest BCUT2D eigenvalue weighted by Crippen LogP contribution is 2.31. The van der Waals surface area contributed by atoms with Gasteiger partial charge in [-0.1, -0.05) is 20.8 Å². The van der Waals surface area contributed by atoms with Crippen molar-refractivity contribution in [3.63, 3.8) is 0 Å². The molecule has 7 nitrogen and oxygen atoms in total. The Morgan fingerprint density at radius 3 is 2.38 bits per heavy atom. The first kappa shape index (κ1) is 23.8. The van der Waals surface area contributed by atoms with Crippen LogP contribution in [0.2, 0.25) is 0 Å². The molecule has 0 spiro atoms. The van der Waals surface area contributed by atoms with Gasteiger partial charge in [-0.2, -0.15) is 0 Å². The van der Waals surface area contributed by atoms with Gasteiger partial charge in [-0.3, -0.25) is 14.5 Å². The minimum Gasteiger partial charge on any atom is -0.357 e. The summed E-state index contributed by atoms with van der Waals surface area (Å²) in [6.07, 6.45) is 0. The van der Waals surface area contributed by atoms with Gasteiger partial charge in [-0.15, -0.1) is 0 Å². The van der Waals surface area contributed by atoms with E-state index in [0.717, 1.165) is 6.07 Å². The van der Waals surface area contributed by atoms with Gasteiger partial charge < -0.3 is 15.2 Å². The van der Waals surface area contributed by atoms with Crippen LogP contribution >= 0.6 is 0 Å². The van der Waals surface area contributed by atoms with Crippen molar-refractivity contribution in [3.8, 4) is 11.4 Å². The molecule has 0 saturated heterocycles. The largest absolute Gasteiger partial charge is 0.357 e. The molecule has 10 heteroatoms. The van der Waals surface area contributed by atoms with Gasteiger partial charge in [0, 0.05) is 32.2 Å². The van der Waals surface area contributed by atoms with Crippen LogP contribution in [0.5, 0.6) is 0 Å². The summed E-state index contributed by atoms with van der Waals surface area (Å²) >= 11 is 0. The first-order valence-corrected chi connectivity index (χ1v) is 10.3. The number of nitrogens with zero attached hydrogens (tertiary/aromatic N) is 3. The van der Waals surface area contributed by atoms with Gasteiger partial charge in [0.25, 0.3) is 5.91 Å². The van der Waals surface area contributed by atoms with E-state index < -0.39 is 34.8 Å². The van der Waals surface area contributed by atoms with E-state index in [-0.39, 0.29) is 29.0 Å². The van der Waals surface area contributed by atoms with E-state index in [1.807, 2.05) is 39.6 Å². The molecule has 2 N–H and O–H groups in total. The Labute approximate surface area is 185 Å². The molecule has 0 saturated carbocycles. The molecule has 1 aliphatic rings. The molecule has 2 amide bonds. The average Bonchev–Trinajstić information content (AvgIpc) is 3.05. The lowest BCUT2D eigenvalue weighted by Gasteiger charge is -2.32. The molecule has 174 valence electrons. The number of imidazole rings is 1. The maximum absolute atomic E-state index is 14.6. The lowest BCUT2D eigenvalue weighted by Crippen LogP contribution is -2.53. The number of hydrogen-bond donors (Lipinski definition) is 2. The zero-order chi connectivity index (χ0) is 24.0. The zero-order valence-corrected chi connectivity index (χ0v) is 19.0. The number of fused-ring (bicyclic) bond motifs is 1. The third-order valence-electron chi connectivity index (χ3n) is 5.79. The van der Waals surface area contributed by atoms with Crippen LogP contribution in [0.25, 0.3) is 11.4 Å². The van der Waals surface area contributed by atoms with E-state index in [9.17, 15) is 22.8 Å². The number of halogens is 3. The Morgan fingerprint density at radius 1 is 1.16 bits per heavy atom. The molecule has 1 aliphatic heterocycles. The van der Waals surface area contributed by atoms with Crippen LogP contribution in [0.1, 0.15) is 43.9 Å². The Bertz CT molecular complexity index is 1060. The Morgan fingerprint density at radius 2 is 1.78 bits per heavy atom. The highest BCUT2D eigenvalue weighted by atomic mass is 19.2. The summed E-state index contributed by atoms with van der Waals surface area (Å²) in [7, 11) is 3.36. The molecule has 0 fully saturated rings. The molecular formula is C22H28F3N5O2. The zero-order valence-electron chi connectivity index (χ0n) is 19.0. The summed E-state index contributed by atoms with van der Waals surface area (Å²) < 4.78 is 43.6. The Kier molecular flexibility index (Phi) is 6.37. The molecule has 0 radical (unpaired) electrons. The van der Waals surface area contributed by atoms with E-state index in [1.165, 1.54) is 7.05 Å². The monoisotopic (exact) mass is 451 g/mol. The molecule has 32 heavy (non-hydrogen) atoms. The highest BCUT2D eigenvalue weighted by molar-refractivity contribution is 5.98. The fraction of sp³-hybridized carbons (Fsp3) is 0.500. The molecule has 0 aliphatic carbocycles. The standard InChI is InChI=1S/C22H28F3N5O2/c1-11-9-30-16(10-29(11)6)17(20(31)28-18(21(32)26-5)22(2,3)4)27-19(30)12-7-14(24)15(25)8-13(12)23/h7-8,11,18H,9-10H2,1-6H3,(H,26,32)(H,28,31)/t11?,18-/m1/s1. The molecule has 2 atom stereocenters. The minimum absolute atomic E-state index is 0.0148. The number of carbonyl (C=O) groups excluding carboxylic acids is 2. The maximum Gasteiger partial charge on any atom is 0.272 e. The molecule has 0 bridgehead atoms. The summed E-state index contributed by atoms with van der Waals surface area (Å²) in [5.74, 6) is -4.42. The van der Waals surface area contributed by atoms with Crippen LogP contribution < -0.4 is 10.6 Å². The van der Waals surface area contributed by atoms with Gasteiger partial charge in [0.2, 0.25) is 5.91 Å². The quantitative estimate of drug-likeness (QED) is 0.701. The third-order valence-corrected chi connectivity index (χ3v) is 5.79. The number of aromatic nitrogens is 2. The Hall–Kier alpha value is -2.88. The number of hydrogen-bond acceptors (Lipinski definition) is 4. The van der Waals surface area contributed by atoms with Gasteiger partial charge in [-0.25, -0.2) is 18.2 Å². The van der Waals surface area contributed by atoms with Crippen LogP contribution in [0.4, 0.5) is 13.2 Å². The SMILES string of the molecule is CNC(=O)[C@@H](NC(=O)c1nc(-c2cc(F)c(F)cc2F)n2c1CN(C)C(C)C2)C(C)(C)C. The van der Waals surface area contributed by atoms with Gasteiger partial charge in [0.05, 0.1) is 11.3 Å². The van der Waals surface area contributed by atoms with E-state index in [0.29, 0.717) is 24.8 Å². The molecular weight excluding hydrogens is 423 g/mol. The number of likely N-dealkylation sites (N-methyl/N-ethyl adjacent to an activating group) is 2. The lowest BCUT2D eigenvalue weighted by molar-refractivity contribution is -0.124. The lowest BCUT2D eigenvalue weighted by atomic mass is 9.86. The maximum atomic E-state index is 14.6. The summed E-state index contributed by atoms with van der Waals surface area (Å²) in [5.41, 5.74) is -0.303. The first-order chi connectivity index (χ1) is 14.8. The van der Waals surface area contributed by atoms with Crippen molar-refractivity contribution in [2.24, 2.45) is 5.41 Å². The fourth-order valence-corrected chi connectivity index (χ4v) is 3.74. The van der Waals surface area contributed by atoms with Gasteiger partial charge in [-0.05, 0) is 25.5 Å². The van der Waals surface area contributed by atoms with Crippen molar-refractivity contribution < 1.29 is 22.8 Å². The van der Waals surface area contributed by atoms with Crippen LogP contribution in [0.3, 0.4) is 0 Å². The van der Waals surface area contributed by atoms with Crippen LogP contribution in [-0.2, 0) is 17.9 Å². The number of amides is 2. The number of rotatable bonds is 4. The summed E-state index contributed by atoms with van der Waals surface area (Å²) in [4.78, 5) is 31.9. The van der Waals surface area contributed by atoms with E-state index in [1.54, 1.807) is 4.57 Å². The van der Waals surface area contributed by atoms with E-state index >= 15 is 0 Å². The molecule has 1 unspecified atom stereocenters. The summed E-state index contributed by atoms with van der Waals surface area (Å²) in [6.45, 7) is 8.10. The summed E-state index contributed by atoms with van der Waals surface area (Å²) in [6, 6.07) is 0.396. The number of carbonyl (C=O) groups is 2. The molecule has 3 rings (SSSR count). The van der Waals surface area contributed by atoms with E-state index in [4.69, 9.17) is 0 Å². The number of nitrogens with one attached hydrogen (secondary N) is 2.